The molecule has 2 amide bonds. The molecule has 0 spiro atoms. The largest absolute Gasteiger partial charge is 0.495 e. The molecule has 4 saturated heterocycles. The molecule has 4 fully saturated rings. The molecule has 17 nitrogen and oxygen atoms in total. The molecule has 412 valence electrons. The van der Waals surface area contributed by atoms with Crippen LogP contribution < -0.4 is 40.0 Å². The molecule has 0 saturated carbocycles. The maximum absolute atomic E-state index is 15.1. The third-order valence-electron chi connectivity index (χ3n) is 14.9. The maximum Gasteiger partial charge on any atom is 0.495 e. The van der Waals surface area contributed by atoms with Gasteiger partial charge in [-0.2, -0.15) is 0 Å². The Morgan fingerprint density at radius 1 is 0.662 bits per heavy atom. The average molecular weight is 1060 g/mol. The minimum atomic E-state index is -0.928. The van der Waals surface area contributed by atoms with E-state index in [2.05, 4.69) is 33.7 Å². The average Bonchev–Trinajstić information content (AvgIpc) is 4.21. The summed E-state index contributed by atoms with van der Waals surface area (Å²) in [6.07, 6.45) is 1.72. The Labute approximate surface area is 451 Å². The molecule has 6 heterocycles. The summed E-state index contributed by atoms with van der Waals surface area (Å²) in [6.45, 7) is 16.1. The van der Waals surface area contributed by atoms with E-state index in [4.69, 9.17) is 28.3 Å². The predicted molar refractivity (Wildman–Crippen MR) is 293 cm³/mol. The standard InChI is InChI=1S/C28H35BFN3O5.C27H33BFN3O6.CH4/c1-20(34)4-7-24-18-33(28(35)38-24)22-6-9-27(26(30)16-22)32-13-11-31(12-14-32)10-3-15-36-23-8-5-21-19-37-29(2)25(21)17-23;1-19(33)6-8-22-17-32(27(34)38-22)21-7-9-24(23(29)16-21)31-13-11-30(12-14-31)10-3-15-36-25-5-2-4-20-18-37-28(35)26(20)25;/h5-6,8-9,16-17,24H,3-4,7,10-15,18-19H2,1-2H3;2,4-5,7,9,16,22,35H,3,6,8,10-15,17-18H2,1H3;1H4/t24-;22-;/m00./s1. The topological polar surface area (TPSA) is 163 Å². The van der Waals surface area contributed by atoms with Gasteiger partial charge < -0.3 is 52.7 Å². The second-order valence-corrected chi connectivity index (χ2v) is 20.4. The normalized spacial score (nSPS) is 19.4. The van der Waals surface area contributed by atoms with Crippen molar-refractivity contribution >= 4 is 71.5 Å². The summed E-state index contributed by atoms with van der Waals surface area (Å²) in [5, 5.41) is 10.0. The second-order valence-electron chi connectivity index (χ2n) is 20.4. The molecule has 0 bridgehead atoms. The Hall–Kier alpha value is -6.25. The SMILES string of the molecule is C.CB1OCc2ccc(OCCCN3CCN(c4ccc(N5C[C@H](CCC(C)=O)OC5=O)cc4F)CC3)cc21.CC(=O)CC[C@H]1CN(c2ccc(N3CCN(CCCOc4cccc5c4B(O)OC5)CC3)c(F)c2)C(=O)O1. The van der Waals surface area contributed by atoms with Gasteiger partial charge in [-0.1, -0.05) is 32.4 Å². The number of nitrogens with zero attached hydrogens (tertiary/aromatic N) is 6. The number of ketones is 2. The van der Waals surface area contributed by atoms with Gasteiger partial charge in [-0.25, -0.2) is 18.4 Å². The molecule has 10 rings (SSSR count). The molecule has 6 aliphatic heterocycles. The lowest BCUT2D eigenvalue weighted by Gasteiger charge is -2.36. The summed E-state index contributed by atoms with van der Waals surface area (Å²) in [5.41, 5.74) is 6.15. The number of fused-ring (bicyclic) bond motifs is 2. The van der Waals surface area contributed by atoms with E-state index in [1.165, 1.54) is 46.8 Å². The molecule has 0 unspecified atom stereocenters. The molecule has 21 heteroatoms. The van der Waals surface area contributed by atoms with Gasteiger partial charge in [0.15, 0.2) is 0 Å². The van der Waals surface area contributed by atoms with E-state index in [1.807, 2.05) is 29.2 Å². The number of hydrogen-bond donors (Lipinski definition) is 1. The van der Waals surface area contributed by atoms with Crippen molar-refractivity contribution in [2.75, 3.05) is 111 Å². The molecular formula is C56H72B2F2N6O11. The van der Waals surface area contributed by atoms with Gasteiger partial charge in [-0.15, -0.1) is 0 Å². The van der Waals surface area contributed by atoms with Crippen LogP contribution in [0.25, 0.3) is 0 Å². The Balaban J connectivity index is 0.000000201. The van der Waals surface area contributed by atoms with Gasteiger partial charge in [0.25, 0.3) is 0 Å². The number of benzene rings is 4. The second kappa shape index (κ2) is 26.4. The molecule has 2 atom stereocenters. The van der Waals surface area contributed by atoms with E-state index >= 15 is 8.78 Å². The molecule has 4 aromatic carbocycles. The van der Waals surface area contributed by atoms with E-state index in [-0.39, 0.29) is 49.8 Å². The van der Waals surface area contributed by atoms with E-state index in [9.17, 15) is 24.2 Å². The number of Topliss-reactive ketones (excluding diaryl/α,β-unsaturated/α-hetero) is 2. The zero-order valence-electron chi connectivity index (χ0n) is 43.8. The molecule has 0 radical (unpaired) electrons. The fraction of sp³-hybridized carbons (Fsp3) is 0.500. The summed E-state index contributed by atoms with van der Waals surface area (Å²) < 4.78 is 63.7. The molecular weight excluding hydrogens is 992 g/mol. The van der Waals surface area contributed by atoms with Gasteiger partial charge in [-0.3, -0.25) is 19.6 Å². The van der Waals surface area contributed by atoms with Crippen LogP contribution in [0.5, 0.6) is 11.5 Å². The van der Waals surface area contributed by atoms with Crippen molar-refractivity contribution in [2.45, 2.75) is 92.0 Å². The lowest BCUT2D eigenvalue weighted by Crippen LogP contribution is -2.47. The van der Waals surface area contributed by atoms with Crippen LogP contribution in [0.15, 0.2) is 72.8 Å². The zero-order chi connectivity index (χ0) is 53.3. The van der Waals surface area contributed by atoms with Crippen LogP contribution in [-0.4, -0.2) is 157 Å². The highest BCUT2D eigenvalue weighted by Crippen LogP contribution is 2.32. The number of halogens is 2. The Morgan fingerprint density at radius 3 is 1.70 bits per heavy atom. The first-order valence-corrected chi connectivity index (χ1v) is 26.7. The first kappa shape index (κ1) is 56.9. The highest BCUT2D eigenvalue weighted by atomic mass is 19.1. The number of hydrogen-bond acceptors (Lipinski definition) is 15. The van der Waals surface area contributed by atoms with Crippen molar-refractivity contribution in [1.29, 1.82) is 0 Å². The number of amides is 2. The number of cyclic esters (lactones) is 2. The molecule has 1 N–H and O–H groups in total. The van der Waals surface area contributed by atoms with Crippen molar-refractivity contribution in [3.8, 4) is 11.5 Å². The van der Waals surface area contributed by atoms with Crippen molar-refractivity contribution in [3.05, 3.63) is 95.6 Å². The van der Waals surface area contributed by atoms with Gasteiger partial charge in [0.1, 0.15) is 46.9 Å². The van der Waals surface area contributed by atoms with E-state index < -0.39 is 19.3 Å². The van der Waals surface area contributed by atoms with Gasteiger partial charge in [-0.05, 0) is 111 Å². The minimum absolute atomic E-state index is 0. The number of piperazine rings is 2. The Kier molecular flexibility index (Phi) is 19.5. The van der Waals surface area contributed by atoms with Crippen molar-refractivity contribution in [1.82, 2.24) is 9.80 Å². The van der Waals surface area contributed by atoms with Crippen LogP contribution >= 0.6 is 0 Å². The minimum Gasteiger partial charge on any atom is -0.494 e. The smallest absolute Gasteiger partial charge is 0.494 e. The van der Waals surface area contributed by atoms with Crippen molar-refractivity contribution in [3.63, 3.8) is 0 Å². The molecule has 0 aliphatic carbocycles. The fourth-order valence-corrected chi connectivity index (χ4v) is 10.6. The maximum atomic E-state index is 15.1. The fourth-order valence-electron chi connectivity index (χ4n) is 10.6. The lowest BCUT2D eigenvalue weighted by molar-refractivity contribution is -0.118. The summed E-state index contributed by atoms with van der Waals surface area (Å²) >= 11 is 0. The first-order chi connectivity index (χ1) is 36.8. The van der Waals surface area contributed by atoms with E-state index in [0.29, 0.717) is 107 Å². The Morgan fingerprint density at radius 2 is 1.18 bits per heavy atom. The highest BCUT2D eigenvalue weighted by molar-refractivity contribution is 6.67. The molecule has 0 aromatic heterocycles. The van der Waals surface area contributed by atoms with Gasteiger partial charge >= 0.3 is 26.2 Å². The number of rotatable bonds is 20. The van der Waals surface area contributed by atoms with Crippen LogP contribution in [0.4, 0.5) is 41.1 Å². The van der Waals surface area contributed by atoms with E-state index in [1.54, 1.807) is 24.3 Å². The summed E-state index contributed by atoms with van der Waals surface area (Å²) in [7, 11) is -0.928. The van der Waals surface area contributed by atoms with Gasteiger partial charge in [0.05, 0.1) is 62.3 Å². The van der Waals surface area contributed by atoms with Crippen LogP contribution in [0.1, 0.15) is 70.9 Å². The van der Waals surface area contributed by atoms with Gasteiger partial charge in [0, 0.05) is 83.8 Å². The number of carbonyl (C=O) groups excluding carboxylic acids is 4. The van der Waals surface area contributed by atoms with E-state index in [0.717, 1.165) is 82.0 Å². The summed E-state index contributed by atoms with van der Waals surface area (Å²) in [4.78, 5) is 58.7. The van der Waals surface area contributed by atoms with Crippen molar-refractivity contribution < 1.29 is 61.2 Å². The van der Waals surface area contributed by atoms with Crippen LogP contribution in [-0.2, 0) is 41.6 Å². The number of anilines is 4. The molecule has 6 aliphatic rings. The van der Waals surface area contributed by atoms with Crippen LogP contribution in [0.2, 0.25) is 6.82 Å². The number of ether oxygens (including phenoxy) is 4. The monoisotopic (exact) mass is 1060 g/mol. The predicted octanol–water partition coefficient (Wildman–Crippen LogP) is 6.43. The quantitative estimate of drug-likeness (QED) is 0.0760. The summed E-state index contributed by atoms with van der Waals surface area (Å²) in [6, 6.07) is 21.7. The van der Waals surface area contributed by atoms with Crippen LogP contribution in [0, 0.1) is 11.6 Å². The third-order valence-corrected chi connectivity index (χ3v) is 14.9. The zero-order valence-corrected chi connectivity index (χ0v) is 43.8. The third kappa shape index (κ3) is 14.5. The lowest BCUT2D eigenvalue weighted by atomic mass is 9.64. The summed E-state index contributed by atoms with van der Waals surface area (Å²) in [5.74, 6) is 0.950. The van der Waals surface area contributed by atoms with Gasteiger partial charge in [0.2, 0.25) is 0 Å². The molecule has 77 heavy (non-hydrogen) atoms. The Bertz CT molecular complexity index is 2710. The van der Waals surface area contributed by atoms with Crippen molar-refractivity contribution in [2.24, 2.45) is 0 Å². The number of carbonyl (C=O) groups is 4. The first-order valence-electron chi connectivity index (χ1n) is 26.7. The highest BCUT2D eigenvalue weighted by Gasteiger charge is 2.35. The van der Waals surface area contributed by atoms with Crippen LogP contribution in [0.3, 0.4) is 0 Å². The molecule has 4 aromatic rings.